The summed E-state index contributed by atoms with van der Waals surface area (Å²) in [7, 11) is 0.832. The number of nitrogens with zero attached hydrogens (tertiary/aromatic N) is 3. The van der Waals surface area contributed by atoms with Crippen molar-refractivity contribution in [1.29, 1.82) is 0 Å². The van der Waals surface area contributed by atoms with Gasteiger partial charge in [-0.25, -0.2) is 0 Å². The largest absolute Gasteiger partial charge is 0.430 e. The van der Waals surface area contributed by atoms with Crippen LogP contribution in [0.4, 0.5) is 18.9 Å². The highest BCUT2D eigenvalue weighted by molar-refractivity contribution is 5.88. The summed E-state index contributed by atoms with van der Waals surface area (Å²) in [6, 6.07) is 12.1. The Morgan fingerprint density at radius 2 is 1.74 bits per heavy atom. The van der Waals surface area contributed by atoms with Gasteiger partial charge in [-0.1, -0.05) is 59.7 Å². The maximum Gasteiger partial charge on any atom is 0.430 e. The minimum absolute atomic E-state index is 0.211. The monoisotopic (exact) mass is 378 g/mol. The molecule has 0 radical (unpaired) electrons. The third-order valence-corrected chi connectivity index (χ3v) is 4.11. The number of ether oxygens (including phenoxy) is 1. The second-order valence-corrected chi connectivity index (χ2v) is 5.69. The molecule has 0 fully saturated rings. The Kier molecular flexibility index (Phi) is 6.09. The van der Waals surface area contributed by atoms with Gasteiger partial charge in [0.2, 0.25) is 0 Å². The first kappa shape index (κ1) is 20.3. The Balaban J connectivity index is 2.45. The Bertz CT molecular complexity index is 851. The summed E-state index contributed by atoms with van der Waals surface area (Å²) in [4.78, 5) is 15.4. The first-order valence-corrected chi connectivity index (χ1v) is 7.90. The van der Waals surface area contributed by atoms with Crippen molar-refractivity contribution in [3.8, 4) is 0 Å². The van der Waals surface area contributed by atoms with Crippen LogP contribution in [0.3, 0.4) is 0 Å². The van der Waals surface area contributed by atoms with E-state index in [-0.39, 0.29) is 11.3 Å². The van der Waals surface area contributed by atoms with Crippen molar-refractivity contribution in [2.24, 2.45) is 5.11 Å². The summed E-state index contributed by atoms with van der Waals surface area (Å²) in [6.07, 6.45) is -5.00. The highest BCUT2D eigenvalue weighted by atomic mass is 19.4. The molecule has 0 saturated carbocycles. The van der Waals surface area contributed by atoms with Crippen molar-refractivity contribution in [3.05, 3.63) is 76.2 Å². The molecule has 2 atom stereocenters. The van der Waals surface area contributed by atoms with E-state index in [4.69, 9.17) is 10.3 Å². The summed E-state index contributed by atoms with van der Waals surface area (Å²) in [5.74, 6) is -1.37. The lowest BCUT2D eigenvalue weighted by Crippen LogP contribution is -2.56. The van der Waals surface area contributed by atoms with Crippen molar-refractivity contribution in [1.82, 2.24) is 5.32 Å². The average Bonchev–Trinajstić information content (AvgIpc) is 2.63. The molecule has 142 valence electrons. The predicted molar refractivity (Wildman–Crippen MR) is 93.0 cm³/mol. The van der Waals surface area contributed by atoms with Crippen molar-refractivity contribution in [2.75, 3.05) is 7.11 Å². The lowest BCUT2D eigenvalue weighted by atomic mass is 9.91. The summed E-state index contributed by atoms with van der Waals surface area (Å²) in [5.41, 5.74) is 5.71. The molecule has 1 amide bonds. The van der Waals surface area contributed by atoms with Gasteiger partial charge in [0.05, 0.1) is 6.04 Å². The maximum atomic E-state index is 13.9. The lowest BCUT2D eigenvalue weighted by Gasteiger charge is -2.34. The number of carbonyl (C=O) groups is 1. The number of hydrogen-bond donors (Lipinski definition) is 1. The number of alkyl halides is 3. The van der Waals surface area contributed by atoms with Crippen LogP contribution >= 0.6 is 0 Å². The molecule has 0 bridgehead atoms. The fourth-order valence-corrected chi connectivity index (χ4v) is 2.79. The highest BCUT2D eigenvalue weighted by Crippen LogP contribution is 2.42. The van der Waals surface area contributed by atoms with Gasteiger partial charge in [0.1, 0.15) is 0 Å². The van der Waals surface area contributed by atoms with Crippen LogP contribution < -0.4 is 5.32 Å². The second kappa shape index (κ2) is 8.11. The molecule has 0 aliphatic carbocycles. The number of methoxy groups -OCH3 is 1. The van der Waals surface area contributed by atoms with Crippen LogP contribution in [0.1, 0.15) is 24.1 Å². The van der Waals surface area contributed by atoms with Gasteiger partial charge in [-0.05, 0) is 18.0 Å². The number of rotatable bonds is 6. The molecule has 2 aromatic carbocycles. The van der Waals surface area contributed by atoms with Crippen LogP contribution in [0.15, 0.2) is 59.7 Å². The quantitative estimate of drug-likeness (QED) is 0.440. The number of amides is 1. The van der Waals surface area contributed by atoms with Gasteiger partial charge in [0.25, 0.3) is 11.5 Å². The standard InChI is InChI=1S/C18H17F3N4O2/c1-12(14-10-6-7-11-15(14)24-25-22)23-16(26)17(27-2,18(19,20)21)13-8-4-3-5-9-13/h3-12H,1-2H3,(H,23,26)/t12-,17-/m1/s1. The van der Waals surface area contributed by atoms with Crippen LogP contribution in [0.25, 0.3) is 10.4 Å². The van der Waals surface area contributed by atoms with Crippen LogP contribution in [0.5, 0.6) is 0 Å². The SMILES string of the molecule is CO[C@@](C(=O)N[C@H](C)c1ccccc1N=[N+]=[N-])(c1ccccc1)C(F)(F)F. The van der Waals surface area contributed by atoms with Crippen molar-refractivity contribution in [3.63, 3.8) is 0 Å². The molecule has 0 aromatic heterocycles. The van der Waals surface area contributed by atoms with E-state index < -0.39 is 23.7 Å². The van der Waals surface area contributed by atoms with E-state index in [0.29, 0.717) is 5.56 Å². The molecule has 0 unspecified atom stereocenters. The maximum absolute atomic E-state index is 13.9. The zero-order chi connectivity index (χ0) is 20.1. The molecule has 6 nitrogen and oxygen atoms in total. The molecule has 2 rings (SSSR count). The van der Waals surface area contributed by atoms with Crippen molar-refractivity contribution < 1.29 is 22.7 Å². The fraction of sp³-hybridized carbons (Fsp3) is 0.278. The van der Waals surface area contributed by atoms with Gasteiger partial charge in [-0.15, -0.1) is 0 Å². The van der Waals surface area contributed by atoms with Gasteiger partial charge in [0.15, 0.2) is 0 Å². The van der Waals surface area contributed by atoms with E-state index in [1.165, 1.54) is 43.3 Å². The van der Waals surface area contributed by atoms with E-state index in [1.54, 1.807) is 18.2 Å². The van der Waals surface area contributed by atoms with E-state index in [9.17, 15) is 18.0 Å². The van der Waals surface area contributed by atoms with Crippen LogP contribution in [0, 0.1) is 0 Å². The number of nitrogens with one attached hydrogen (secondary N) is 1. The number of azide groups is 1. The van der Waals surface area contributed by atoms with Crippen LogP contribution in [-0.2, 0) is 15.1 Å². The van der Waals surface area contributed by atoms with E-state index >= 15 is 0 Å². The molecule has 2 aromatic rings. The summed E-state index contributed by atoms with van der Waals surface area (Å²) >= 11 is 0. The predicted octanol–water partition coefficient (Wildman–Crippen LogP) is 4.91. The number of carbonyl (C=O) groups excluding carboxylic acids is 1. The normalized spacial score (nSPS) is 14.6. The Hall–Kier alpha value is -3.03. The third-order valence-electron chi connectivity index (χ3n) is 4.11. The Morgan fingerprint density at radius 1 is 1.15 bits per heavy atom. The third kappa shape index (κ3) is 3.89. The molecule has 0 aliphatic heterocycles. The van der Waals surface area contributed by atoms with Crippen LogP contribution in [0.2, 0.25) is 0 Å². The molecular formula is C18H17F3N4O2. The van der Waals surface area contributed by atoms with Gasteiger partial charge < -0.3 is 10.1 Å². The molecule has 1 N–H and O–H groups in total. The lowest BCUT2D eigenvalue weighted by molar-refractivity contribution is -0.266. The fourth-order valence-electron chi connectivity index (χ4n) is 2.79. The number of benzene rings is 2. The number of halogens is 3. The zero-order valence-corrected chi connectivity index (χ0v) is 14.6. The first-order valence-electron chi connectivity index (χ1n) is 7.90. The van der Waals surface area contributed by atoms with E-state index in [2.05, 4.69) is 15.3 Å². The molecular weight excluding hydrogens is 361 g/mol. The highest BCUT2D eigenvalue weighted by Gasteiger charge is 2.62. The molecule has 27 heavy (non-hydrogen) atoms. The van der Waals surface area contributed by atoms with Crippen molar-refractivity contribution in [2.45, 2.75) is 24.7 Å². The summed E-state index contributed by atoms with van der Waals surface area (Å²) in [6.45, 7) is 1.49. The zero-order valence-electron chi connectivity index (χ0n) is 14.6. The minimum atomic E-state index is -5.00. The molecule has 0 aliphatic rings. The first-order chi connectivity index (χ1) is 12.8. The number of hydrogen-bond acceptors (Lipinski definition) is 3. The van der Waals surface area contributed by atoms with Gasteiger partial charge >= 0.3 is 6.18 Å². The van der Waals surface area contributed by atoms with E-state index in [1.807, 2.05) is 0 Å². The molecule has 0 spiro atoms. The topological polar surface area (TPSA) is 87.1 Å². The van der Waals surface area contributed by atoms with Gasteiger partial charge in [-0.3, -0.25) is 4.79 Å². The smallest absolute Gasteiger partial charge is 0.356 e. The second-order valence-electron chi connectivity index (χ2n) is 5.69. The Labute approximate surface area is 153 Å². The van der Waals surface area contributed by atoms with Crippen molar-refractivity contribution >= 4 is 11.6 Å². The minimum Gasteiger partial charge on any atom is -0.356 e. The molecule has 0 saturated heterocycles. The summed E-state index contributed by atoms with van der Waals surface area (Å²) < 4.78 is 46.5. The van der Waals surface area contributed by atoms with Gasteiger partial charge in [0, 0.05) is 23.3 Å². The average molecular weight is 378 g/mol. The van der Waals surface area contributed by atoms with Gasteiger partial charge in [-0.2, -0.15) is 13.2 Å². The van der Waals surface area contributed by atoms with Crippen LogP contribution in [-0.4, -0.2) is 19.2 Å². The van der Waals surface area contributed by atoms with E-state index in [0.717, 1.165) is 7.11 Å². The summed E-state index contributed by atoms with van der Waals surface area (Å²) in [5, 5.41) is 5.82. The molecule has 0 heterocycles. The molecule has 9 heteroatoms. The Morgan fingerprint density at radius 3 is 2.30 bits per heavy atom.